The number of hydrogen-bond donors (Lipinski definition) is 3. The molecule has 3 aromatic rings. The van der Waals surface area contributed by atoms with Crippen molar-refractivity contribution in [3.05, 3.63) is 68.9 Å². The number of aliphatic imine (C=N–C) groups is 1. The largest absolute Gasteiger partial charge is 0.328 e. The lowest BCUT2D eigenvalue weighted by atomic mass is 10.1. The highest BCUT2D eigenvalue weighted by Gasteiger charge is 2.18. The van der Waals surface area contributed by atoms with Crippen molar-refractivity contribution in [1.29, 1.82) is 0 Å². The van der Waals surface area contributed by atoms with Crippen molar-refractivity contribution >= 4 is 38.4 Å². The molecule has 0 saturated carbocycles. The lowest BCUT2D eigenvalue weighted by Crippen LogP contribution is -2.34. The van der Waals surface area contributed by atoms with Crippen LogP contribution >= 0.6 is 0 Å². The number of amides is 1. The van der Waals surface area contributed by atoms with E-state index in [1.54, 1.807) is 13.0 Å². The van der Waals surface area contributed by atoms with Gasteiger partial charge in [0.25, 0.3) is 21.5 Å². The Morgan fingerprint density at radius 3 is 2.74 bits per heavy atom. The van der Waals surface area contributed by atoms with E-state index in [1.807, 2.05) is 0 Å². The number of fused-ring (bicyclic) bond motifs is 1. The van der Waals surface area contributed by atoms with Gasteiger partial charge in [0, 0.05) is 30.8 Å². The fraction of sp³-hybridized carbons (Fsp3) is 0.304. The molecule has 11 heteroatoms. The average molecular weight is 484 g/mol. The number of benzene rings is 2. The highest BCUT2D eigenvalue weighted by molar-refractivity contribution is 7.90. The van der Waals surface area contributed by atoms with Gasteiger partial charge in [-0.15, -0.1) is 0 Å². The molecule has 3 N–H and O–H groups in total. The number of sulfonamides is 1. The number of H-pyrrole nitrogens is 1. The predicted molar refractivity (Wildman–Crippen MR) is 130 cm³/mol. The summed E-state index contributed by atoms with van der Waals surface area (Å²) in [5, 5.41) is 2.95. The van der Waals surface area contributed by atoms with E-state index in [1.165, 1.54) is 36.4 Å². The number of nitrogens with one attached hydrogen (secondary N) is 3. The molecule has 0 atom stereocenters. The first-order valence-corrected chi connectivity index (χ1v) is 12.5. The van der Waals surface area contributed by atoms with Gasteiger partial charge >= 0.3 is 5.69 Å². The highest BCUT2D eigenvalue weighted by atomic mass is 32.2. The molecule has 0 bridgehead atoms. The van der Waals surface area contributed by atoms with Gasteiger partial charge in [-0.3, -0.25) is 23.9 Å². The third-order valence-electron chi connectivity index (χ3n) is 5.59. The third kappa shape index (κ3) is 4.93. The van der Waals surface area contributed by atoms with Crippen LogP contribution in [0.15, 0.2) is 61.9 Å². The summed E-state index contributed by atoms with van der Waals surface area (Å²) >= 11 is 0. The van der Waals surface area contributed by atoms with Crippen LogP contribution in [0.25, 0.3) is 10.9 Å². The van der Waals surface area contributed by atoms with Crippen LogP contribution in [-0.4, -0.2) is 36.3 Å². The van der Waals surface area contributed by atoms with Gasteiger partial charge in [0.2, 0.25) is 0 Å². The maximum Gasteiger partial charge on any atom is 0.328 e. The summed E-state index contributed by atoms with van der Waals surface area (Å²) in [7, 11) is -3.85. The molecular weight excluding hydrogens is 458 g/mol. The van der Waals surface area contributed by atoms with Crippen LogP contribution in [0.5, 0.6) is 0 Å². The van der Waals surface area contributed by atoms with Crippen molar-refractivity contribution in [3.63, 3.8) is 0 Å². The molecule has 34 heavy (non-hydrogen) atoms. The van der Waals surface area contributed by atoms with Gasteiger partial charge in [-0.05, 0) is 56.2 Å². The number of anilines is 1. The normalized spacial score (nSPS) is 14.3. The topological polar surface area (TPSA) is 142 Å². The minimum Gasteiger partial charge on any atom is -0.322 e. The van der Waals surface area contributed by atoms with Gasteiger partial charge in [0.1, 0.15) is 5.84 Å². The van der Waals surface area contributed by atoms with Gasteiger partial charge in [-0.25, -0.2) is 13.2 Å². The molecule has 2 heterocycles. The van der Waals surface area contributed by atoms with Crippen LogP contribution in [0.1, 0.15) is 43.0 Å². The number of carbonyl (C=O) groups is 1. The van der Waals surface area contributed by atoms with Gasteiger partial charge in [0.05, 0.1) is 15.8 Å². The molecule has 1 aliphatic heterocycles. The van der Waals surface area contributed by atoms with Crippen LogP contribution in [0.3, 0.4) is 0 Å². The standard InChI is InChI=1S/C23H25N5O5S/c1-2-28-22(30)18-11-10-15(13-19(18)26-23(28)31)21(29)25-16-7-6-8-17(14-16)34(32,33)27-20-9-4-3-5-12-24-20/h6-8,10-11,13-14H,2-5,9,12H2,1H3,(H,24,27)(H,25,29)(H,26,31). The predicted octanol–water partition coefficient (Wildman–Crippen LogP) is 2.21. The zero-order chi connectivity index (χ0) is 24.3. The van der Waals surface area contributed by atoms with Gasteiger partial charge in [0.15, 0.2) is 0 Å². The zero-order valence-electron chi connectivity index (χ0n) is 18.6. The lowest BCUT2D eigenvalue weighted by Gasteiger charge is -2.11. The fourth-order valence-corrected chi connectivity index (χ4v) is 4.93. The monoisotopic (exact) mass is 483 g/mol. The van der Waals surface area contributed by atoms with E-state index < -0.39 is 27.2 Å². The van der Waals surface area contributed by atoms with E-state index in [-0.39, 0.29) is 28.2 Å². The van der Waals surface area contributed by atoms with Gasteiger partial charge < -0.3 is 10.3 Å². The van der Waals surface area contributed by atoms with Crippen LogP contribution in [0.2, 0.25) is 0 Å². The Kier molecular flexibility index (Phi) is 6.64. The Morgan fingerprint density at radius 2 is 1.94 bits per heavy atom. The highest BCUT2D eigenvalue weighted by Crippen LogP contribution is 2.18. The first-order valence-electron chi connectivity index (χ1n) is 11.0. The molecule has 1 aromatic heterocycles. The van der Waals surface area contributed by atoms with Gasteiger partial charge in [-0.1, -0.05) is 12.5 Å². The smallest absolute Gasteiger partial charge is 0.322 e. The summed E-state index contributed by atoms with van der Waals surface area (Å²) in [4.78, 5) is 44.2. The second kappa shape index (κ2) is 9.64. The fourth-order valence-electron chi connectivity index (χ4n) is 3.80. The van der Waals surface area contributed by atoms with Crippen molar-refractivity contribution in [1.82, 2.24) is 14.3 Å². The van der Waals surface area contributed by atoms with Crippen molar-refractivity contribution in [2.24, 2.45) is 4.99 Å². The zero-order valence-corrected chi connectivity index (χ0v) is 19.4. The van der Waals surface area contributed by atoms with E-state index >= 15 is 0 Å². The minimum absolute atomic E-state index is 0.000190. The Balaban J connectivity index is 1.56. The van der Waals surface area contributed by atoms with E-state index in [2.05, 4.69) is 20.0 Å². The molecule has 1 aliphatic rings. The molecule has 4 rings (SSSR count). The number of amidine groups is 1. The molecule has 2 aromatic carbocycles. The van der Waals surface area contributed by atoms with Crippen LogP contribution in [-0.2, 0) is 16.6 Å². The summed E-state index contributed by atoms with van der Waals surface area (Å²) in [6, 6.07) is 10.3. The minimum atomic E-state index is -3.85. The maximum atomic E-state index is 12.8. The van der Waals surface area contributed by atoms with Crippen molar-refractivity contribution in [2.45, 2.75) is 44.0 Å². The van der Waals surface area contributed by atoms with Crippen molar-refractivity contribution in [2.75, 3.05) is 11.9 Å². The molecule has 0 radical (unpaired) electrons. The summed E-state index contributed by atoms with van der Waals surface area (Å²) in [6.07, 6.45) is 3.39. The van der Waals surface area contributed by atoms with E-state index in [4.69, 9.17) is 0 Å². The second-order valence-electron chi connectivity index (χ2n) is 7.97. The Labute approximate surface area is 195 Å². The van der Waals surface area contributed by atoms with Crippen molar-refractivity contribution in [3.8, 4) is 0 Å². The second-order valence-corrected chi connectivity index (χ2v) is 9.65. The molecule has 0 spiro atoms. The Hall–Kier alpha value is -3.73. The summed E-state index contributed by atoms with van der Waals surface area (Å²) in [6.45, 7) is 2.52. The Morgan fingerprint density at radius 1 is 1.12 bits per heavy atom. The number of hydrogen-bond acceptors (Lipinski definition) is 6. The van der Waals surface area contributed by atoms with E-state index in [9.17, 15) is 22.8 Å². The molecule has 10 nitrogen and oxygen atoms in total. The van der Waals surface area contributed by atoms with Crippen LogP contribution in [0, 0.1) is 0 Å². The molecule has 1 amide bonds. The third-order valence-corrected chi connectivity index (χ3v) is 6.97. The van der Waals surface area contributed by atoms with E-state index in [0.29, 0.717) is 24.2 Å². The molecular formula is C23H25N5O5S. The van der Waals surface area contributed by atoms with Crippen molar-refractivity contribution < 1.29 is 13.2 Å². The van der Waals surface area contributed by atoms with Crippen LogP contribution < -0.4 is 21.3 Å². The molecule has 0 saturated heterocycles. The van der Waals surface area contributed by atoms with Crippen LogP contribution in [0.4, 0.5) is 5.69 Å². The first-order chi connectivity index (χ1) is 16.3. The van der Waals surface area contributed by atoms with E-state index in [0.717, 1.165) is 23.8 Å². The lowest BCUT2D eigenvalue weighted by molar-refractivity contribution is 0.102. The SMILES string of the molecule is CCn1c(=O)[nH]c2cc(C(=O)Nc3cccc(S(=O)(=O)NC4=NCCCCC4)c3)ccc2c1=O. The number of rotatable bonds is 5. The molecule has 0 fully saturated rings. The summed E-state index contributed by atoms with van der Waals surface area (Å²) < 4.78 is 29.2. The number of aromatic amines is 1. The number of aromatic nitrogens is 2. The molecule has 178 valence electrons. The average Bonchev–Trinajstić information content (AvgIpc) is 3.07. The summed E-state index contributed by atoms with van der Waals surface area (Å²) in [5.41, 5.74) is -0.253. The number of nitrogens with zero attached hydrogens (tertiary/aromatic N) is 2. The van der Waals surface area contributed by atoms with Gasteiger partial charge in [-0.2, -0.15) is 0 Å². The molecule has 0 unspecified atom stereocenters. The quantitative estimate of drug-likeness (QED) is 0.510. The first kappa shape index (κ1) is 23.4. The summed E-state index contributed by atoms with van der Waals surface area (Å²) in [5.74, 6) is -0.0719. The Bertz CT molecular complexity index is 1500. The number of carbonyl (C=O) groups excluding carboxylic acids is 1. The maximum absolute atomic E-state index is 12.8. The molecule has 0 aliphatic carbocycles.